The zero-order chi connectivity index (χ0) is 10.6. The van der Waals surface area contributed by atoms with Crippen LogP contribution in [0.5, 0.6) is 0 Å². The minimum atomic E-state index is 0.185. The lowest BCUT2D eigenvalue weighted by atomic mass is 10.1. The molecule has 1 aromatic rings. The van der Waals surface area contributed by atoms with Gasteiger partial charge in [0.1, 0.15) is 0 Å². The Labute approximate surface area is 84.9 Å². The van der Waals surface area contributed by atoms with Gasteiger partial charge in [-0.3, -0.25) is 0 Å². The van der Waals surface area contributed by atoms with Gasteiger partial charge in [-0.1, -0.05) is 32.3 Å². The quantitative estimate of drug-likeness (QED) is 0.780. The SMILES string of the molecule is CCC(C)Cc1nc(C(C)CN)no1. The molecular weight excluding hydrogens is 178 g/mol. The topological polar surface area (TPSA) is 64.9 Å². The van der Waals surface area contributed by atoms with Gasteiger partial charge in [0.05, 0.1) is 0 Å². The number of aromatic nitrogens is 2. The Kier molecular flexibility index (Phi) is 4.07. The van der Waals surface area contributed by atoms with Crippen molar-refractivity contribution in [2.45, 2.75) is 39.5 Å². The van der Waals surface area contributed by atoms with E-state index in [4.69, 9.17) is 10.3 Å². The number of nitrogens with two attached hydrogens (primary N) is 1. The van der Waals surface area contributed by atoms with Crippen molar-refractivity contribution in [2.75, 3.05) is 6.54 Å². The van der Waals surface area contributed by atoms with Crippen LogP contribution in [-0.2, 0) is 6.42 Å². The second-order valence-corrected chi connectivity index (χ2v) is 3.90. The molecule has 0 aliphatic rings. The van der Waals surface area contributed by atoms with Crippen LogP contribution in [0.1, 0.15) is 44.8 Å². The van der Waals surface area contributed by atoms with Crippen molar-refractivity contribution in [1.29, 1.82) is 0 Å². The van der Waals surface area contributed by atoms with Crippen molar-refractivity contribution in [3.63, 3.8) is 0 Å². The van der Waals surface area contributed by atoms with Crippen LogP contribution < -0.4 is 5.73 Å². The molecule has 80 valence electrons. The van der Waals surface area contributed by atoms with Gasteiger partial charge in [0.2, 0.25) is 5.89 Å². The molecule has 0 amide bonds. The van der Waals surface area contributed by atoms with Gasteiger partial charge < -0.3 is 10.3 Å². The molecule has 4 nitrogen and oxygen atoms in total. The van der Waals surface area contributed by atoms with Crippen LogP contribution in [0.3, 0.4) is 0 Å². The first-order valence-electron chi connectivity index (χ1n) is 5.19. The van der Waals surface area contributed by atoms with E-state index in [-0.39, 0.29) is 5.92 Å². The largest absolute Gasteiger partial charge is 0.339 e. The molecule has 0 aliphatic carbocycles. The molecule has 0 aliphatic heterocycles. The van der Waals surface area contributed by atoms with E-state index in [1.165, 1.54) is 0 Å². The van der Waals surface area contributed by atoms with Crippen molar-refractivity contribution in [3.05, 3.63) is 11.7 Å². The van der Waals surface area contributed by atoms with Gasteiger partial charge in [0.25, 0.3) is 0 Å². The number of nitrogens with zero attached hydrogens (tertiary/aromatic N) is 2. The van der Waals surface area contributed by atoms with Crippen molar-refractivity contribution >= 4 is 0 Å². The molecule has 0 saturated carbocycles. The van der Waals surface area contributed by atoms with E-state index in [1.807, 2.05) is 6.92 Å². The summed E-state index contributed by atoms with van der Waals surface area (Å²) in [6.45, 7) is 6.89. The molecule has 2 unspecified atom stereocenters. The van der Waals surface area contributed by atoms with Gasteiger partial charge in [-0.25, -0.2) is 0 Å². The Morgan fingerprint density at radius 1 is 1.43 bits per heavy atom. The van der Waals surface area contributed by atoms with Gasteiger partial charge >= 0.3 is 0 Å². The van der Waals surface area contributed by atoms with Crippen LogP contribution in [0.25, 0.3) is 0 Å². The highest BCUT2D eigenvalue weighted by Crippen LogP contribution is 2.13. The standard InChI is InChI=1S/C10H19N3O/c1-4-7(2)5-9-12-10(13-14-9)8(3)6-11/h7-8H,4-6,11H2,1-3H3. The molecule has 0 fully saturated rings. The summed E-state index contributed by atoms with van der Waals surface area (Å²) in [5, 5.41) is 3.91. The first-order chi connectivity index (χ1) is 6.67. The molecule has 0 radical (unpaired) electrons. The molecule has 2 atom stereocenters. The molecule has 0 spiro atoms. The highest BCUT2D eigenvalue weighted by Gasteiger charge is 2.13. The van der Waals surface area contributed by atoms with E-state index in [0.29, 0.717) is 12.5 Å². The molecule has 0 aromatic carbocycles. The Hall–Kier alpha value is -0.900. The van der Waals surface area contributed by atoms with Gasteiger partial charge in [-0.15, -0.1) is 0 Å². The van der Waals surface area contributed by atoms with Crippen LogP contribution in [0.4, 0.5) is 0 Å². The Morgan fingerprint density at radius 2 is 2.14 bits per heavy atom. The minimum absolute atomic E-state index is 0.185. The van der Waals surface area contributed by atoms with Crippen molar-refractivity contribution in [1.82, 2.24) is 10.1 Å². The molecule has 1 rings (SSSR count). The first-order valence-corrected chi connectivity index (χ1v) is 5.19. The van der Waals surface area contributed by atoms with Gasteiger partial charge in [-0.05, 0) is 5.92 Å². The highest BCUT2D eigenvalue weighted by molar-refractivity contribution is 4.94. The third-order valence-electron chi connectivity index (χ3n) is 2.50. The Balaban J connectivity index is 2.59. The lowest BCUT2D eigenvalue weighted by molar-refractivity contribution is 0.350. The summed E-state index contributed by atoms with van der Waals surface area (Å²) < 4.78 is 5.14. The van der Waals surface area contributed by atoms with E-state index in [0.717, 1.165) is 24.6 Å². The van der Waals surface area contributed by atoms with E-state index in [1.54, 1.807) is 0 Å². The molecule has 1 aromatic heterocycles. The van der Waals surface area contributed by atoms with Gasteiger partial charge in [0.15, 0.2) is 5.82 Å². The van der Waals surface area contributed by atoms with E-state index in [2.05, 4.69) is 24.0 Å². The number of hydrogen-bond donors (Lipinski definition) is 1. The Morgan fingerprint density at radius 3 is 2.71 bits per heavy atom. The van der Waals surface area contributed by atoms with Crippen LogP contribution in [0, 0.1) is 5.92 Å². The van der Waals surface area contributed by atoms with E-state index < -0.39 is 0 Å². The predicted molar refractivity (Wildman–Crippen MR) is 54.9 cm³/mol. The number of hydrogen-bond acceptors (Lipinski definition) is 4. The molecule has 2 N–H and O–H groups in total. The molecule has 1 heterocycles. The predicted octanol–water partition coefficient (Wildman–Crippen LogP) is 1.72. The maximum Gasteiger partial charge on any atom is 0.226 e. The molecule has 0 saturated heterocycles. The highest BCUT2D eigenvalue weighted by atomic mass is 16.5. The summed E-state index contributed by atoms with van der Waals surface area (Å²) >= 11 is 0. The second kappa shape index (κ2) is 5.10. The zero-order valence-electron chi connectivity index (χ0n) is 9.16. The maximum atomic E-state index is 5.52. The second-order valence-electron chi connectivity index (χ2n) is 3.90. The first kappa shape index (κ1) is 11.2. The molecule has 0 bridgehead atoms. The normalized spacial score (nSPS) is 15.4. The van der Waals surface area contributed by atoms with Crippen molar-refractivity contribution < 1.29 is 4.52 Å². The minimum Gasteiger partial charge on any atom is -0.339 e. The number of rotatable bonds is 5. The van der Waals surface area contributed by atoms with Crippen LogP contribution in [0.15, 0.2) is 4.52 Å². The average Bonchev–Trinajstić information content (AvgIpc) is 2.65. The third kappa shape index (κ3) is 2.80. The molecular formula is C10H19N3O. The summed E-state index contributed by atoms with van der Waals surface area (Å²) in [7, 11) is 0. The van der Waals surface area contributed by atoms with E-state index in [9.17, 15) is 0 Å². The average molecular weight is 197 g/mol. The fraction of sp³-hybridized carbons (Fsp3) is 0.800. The van der Waals surface area contributed by atoms with Crippen molar-refractivity contribution in [3.8, 4) is 0 Å². The zero-order valence-corrected chi connectivity index (χ0v) is 9.16. The molecule has 4 heteroatoms. The summed E-state index contributed by atoms with van der Waals surface area (Å²) in [5.41, 5.74) is 5.52. The van der Waals surface area contributed by atoms with Crippen LogP contribution >= 0.6 is 0 Å². The molecule has 14 heavy (non-hydrogen) atoms. The maximum absolute atomic E-state index is 5.52. The monoisotopic (exact) mass is 197 g/mol. The summed E-state index contributed by atoms with van der Waals surface area (Å²) in [4.78, 5) is 4.31. The van der Waals surface area contributed by atoms with Gasteiger partial charge in [-0.2, -0.15) is 4.98 Å². The lowest BCUT2D eigenvalue weighted by Crippen LogP contribution is -2.10. The Bertz CT molecular complexity index is 272. The lowest BCUT2D eigenvalue weighted by Gasteiger charge is -2.02. The summed E-state index contributed by atoms with van der Waals surface area (Å²) in [6, 6.07) is 0. The van der Waals surface area contributed by atoms with E-state index >= 15 is 0 Å². The summed E-state index contributed by atoms with van der Waals surface area (Å²) in [6.07, 6.45) is 1.99. The van der Waals surface area contributed by atoms with Crippen LogP contribution in [-0.4, -0.2) is 16.7 Å². The smallest absolute Gasteiger partial charge is 0.226 e. The summed E-state index contributed by atoms with van der Waals surface area (Å²) in [5.74, 6) is 2.24. The third-order valence-corrected chi connectivity index (χ3v) is 2.50. The fourth-order valence-electron chi connectivity index (χ4n) is 1.10. The van der Waals surface area contributed by atoms with Gasteiger partial charge in [0, 0.05) is 18.9 Å². The van der Waals surface area contributed by atoms with Crippen molar-refractivity contribution in [2.24, 2.45) is 11.7 Å². The fourth-order valence-corrected chi connectivity index (χ4v) is 1.10. The van der Waals surface area contributed by atoms with Crippen LogP contribution in [0.2, 0.25) is 0 Å².